The molecule has 0 radical (unpaired) electrons. The van der Waals surface area contributed by atoms with Gasteiger partial charge in [-0.05, 0) is 48.7 Å². The van der Waals surface area contributed by atoms with Crippen LogP contribution in [0.15, 0.2) is 30.3 Å². The molecule has 0 fully saturated rings. The van der Waals surface area contributed by atoms with Crippen LogP contribution in [0.5, 0.6) is 0 Å². The molecule has 0 amide bonds. The van der Waals surface area contributed by atoms with Crippen LogP contribution >= 0.6 is 11.6 Å². The second-order valence-corrected chi connectivity index (χ2v) is 5.45. The molecule has 0 saturated carbocycles. The van der Waals surface area contributed by atoms with Crippen molar-refractivity contribution in [2.24, 2.45) is 0 Å². The number of benzene rings is 2. The third-order valence-electron chi connectivity index (χ3n) is 3.37. The van der Waals surface area contributed by atoms with E-state index in [4.69, 9.17) is 11.6 Å². The van der Waals surface area contributed by atoms with E-state index in [0.29, 0.717) is 22.7 Å². The first kappa shape index (κ1) is 15.9. The summed E-state index contributed by atoms with van der Waals surface area (Å²) in [7, 11) is 0. The van der Waals surface area contributed by atoms with Gasteiger partial charge in [-0.15, -0.1) is 0 Å². The lowest BCUT2D eigenvalue weighted by Gasteiger charge is -2.10. The van der Waals surface area contributed by atoms with Gasteiger partial charge in [0.25, 0.3) is 0 Å². The second kappa shape index (κ2) is 7.01. The van der Waals surface area contributed by atoms with Crippen molar-refractivity contribution < 1.29 is 8.78 Å². The fourth-order valence-electron chi connectivity index (χ4n) is 2.15. The van der Waals surface area contributed by atoms with E-state index in [2.05, 4.69) is 12.2 Å². The maximum atomic E-state index is 14.1. The van der Waals surface area contributed by atoms with Gasteiger partial charge in [-0.2, -0.15) is 0 Å². The maximum Gasteiger partial charge on any atom is 0.166 e. The molecule has 0 atom stereocenters. The lowest BCUT2D eigenvalue weighted by molar-refractivity contribution is 0.505. The fourth-order valence-corrected chi connectivity index (χ4v) is 2.33. The lowest BCUT2D eigenvalue weighted by Crippen LogP contribution is -2.14. The molecular weight excluding hydrogens is 292 g/mol. The Bertz CT molecular complexity index is 641. The van der Waals surface area contributed by atoms with Gasteiger partial charge in [0.2, 0.25) is 0 Å². The summed E-state index contributed by atoms with van der Waals surface area (Å²) in [5.41, 5.74) is 2.06. The topological polar surface area (TPSA) is 12.0 Å². The molecule has 21 heavy (non-hydrogen) atoms. The average molecular weight is 310 g/mol. The van der Waals surface area contributed by atoms with E-state index in [1.54, 1.807) is 37.3 Å². The van der Waals surface area contributed by atoms with Crippen molar-refractivity contribution in [1.29, 1.82) is 0 Å². The van der Waals surface area contributed by atoms with Crippen molar-refractivity contribution in [2.75, 3.05) is 6.54 Å². The van der Waals surface area contributed by atoms with Crippen molar-refractivity contribution in [2.45, 2.75) is 26.8 Å². The third kappa shape index (κ3) is 3.60. The van der Waals surface area contributed by atoms with Crippen molar-refractivity contribution in [3.8, 4) is 11.1 Å². The van der Waals surface area contributed by atoms with E-state index in [0.717, 1.165) is 18.5 Å². The maximum absolute atomic E-state index is 14.1. The Morgan fingerprint density at radius 1 is 1.10 bits per heavy atom. The summed E-state index contributed by atoms with van der Waals surface area (Å²) in [6.45, 7) is 5.12. The SMILES string of the molecule is CCCNCc1cc(-c2ccc(C)c(F)c2F)ccc1Cl. The van der Waals surface area contributed by atoms with E-state index in [9.17, 15) is 8.78 Å². The zero-order valence-electron chi connectivity index (χ0n) is 12.1. The van der Waals surface area contributed by atoms with Crippen LogP contribution < -0.4 is 5.32 Å². The lowest BCUT2D eigenvalue weighted by atomic mass is 10.0. The van der Waals surface area contributed by atoms with Crippen LogP contribution in [0.4, 0.5) is 8.78 Å². The van der Waals surface area contributed by atoms with E-state index in [1.165, 1.54) is 0 Å². The standard InChI is InChI=1S/C17H18ClF2N/c1-3-8-21-10-13-9-12(5-7-15(13)18)14-6-4-11(2)16(19)17(14)20/h4-7,9,21H,3,8,10H2,1-2H3. The molecule has 2 aromatic carbocycles. The minimum atomic E-state index is -0.815. The van der Waals surface area contributed by atoms with Gasteiger partial charge in [0.15, 0.2) is 11.6 Å². The largest absolute Gasteiger partial charge is 0.313 e. The number of halogens is 3. The monoisotopic (exact) mass is 309 g/mol. The summed E-state index contributed by atoms with van der Waals surface area (Å²) in [5.74, 6) is -1.61. The zero-order valence-corrected chi connectivity index (χ0v) is 12.9. The summed E-state index contributed by atoms with van der Waals surface area (Å²) < 4.78 is 27.8. The zero-order chi connectivity index (χ0) is 15.4. The normalized spacial score (nSPS) is 10.9. The predicted octanol–water partition coefficient (Wildman–Crippen LogP) is 5.09. The van der Waals surface area contributed by atoms with Gasteiger partial charge in [-0.1, -0.05) is 36.7 Å². The van der Waals surface area contributed by atoms with Gasteiger partial charge >= 0.3 is 0 Å². The fraction of sp³-hybridized carbons (Fsp3) is 0.294. The summed E-state index contributed by atoms with van der Waals surface area (Å²) in [6.07, 6.45) is 1.02. The molecule has 0 saturated heterocycles. The van der Waals surface area contributed by atoms with Gasteiger partial charge in [-0.3, -0.25) is 0 Å². The molecule has 0 bridgehead atoms. The summed E-state index contributed by atoms with van der Waals surface area (Å²) in [4.78, 5) is 0. The Morgan fingerprint density at radius 2 is 1.86 bits per heavy atom. The highest BCUT2D eigenvalue weighted by molar-refractivity contribution is 6.31. The van der Waals surface area contributed by atoms with Crippen LogP contribution in [0.25, 0.3) is 11.1 Å². The first-order chi connectivity index (χ1) is 10.0. The van der Waals surface area contributed by atoms with E-state index in [-0.39, 0.29) is 5.56 Å². The molecule has 0 spiro atoms. The van der Waals surface area contributed by atoms with Crippen LogP contribution in [-0.4, -0.2) is 6.54 Å². The highest BCUT2D eigenvalue weighted by Gasteiger charge is 2.13. The molecule has 0 aromatic heterocycles. The first-order valence-electron chi connectivity index (χ1n) is 6.98. The smallest absolute Gasteiger partial charge is 0.166 e. The van der Waals surface area contributed by atoms with E-state index in [1.807, 2.05) is 0 Å². The molecule has 1 nitrogen and oxygen atoms in total. The van der Waals surface area contributed by atoms with E-state index >= 15 is 0 Å². The number of hydrogen-bond donors (Lipinski definition) is 1. The van der Waals surface area contributed by atoms with Crippen LogP contribution in [-0.2, 0) is 6.54 Å². The Morgan fingerprint density at radius 3 is 2.57 bits per heavy atom. The highest BCUT2D eigenvalue weighted by Crippen LogP contribution is 2.29. The molecule has 0 aliphatic heterocycles. The Balaban J connectivity index is 2.37. The summed E-state index contributed by atoms with van der Waals surface area (Å²) in [6, 6.07) is 8.41. The van der Waals surface area contributed by atoms with Gasteiger partial charge in [-0.25, -0.2) is 8.78 Å². The van der Waals surface area contributed by atoms with Crippen LogP contribution in [0.2, 0.25) is 5.02 Å². The van der Waals surface area contributed by atoms with Crippen molar-refractivity contribution in [1.82, 2.24) is 5.32 Å². The Hall–Kier alpha value is -1.45. The second-order valence-electron chi connectivity index (χ2n) is 5.04. The number of aryl methyl sites for hydroxylation is 1. The van der Waals surface area contributed by atoms with Crippen LogP contribution in [0, 0.1) is 18.6 Å². The molecule has 2 rings (SSSR count). The van der Waals surface area contributed by atoms with Crippen molar-refractivity contribution in [3.05, 3.63) is 58.1 Å². The van der Waals surface area contributed by atoms with Crippen molar-refractivity contribution in [3.63, 3.8) is 0 Å². The van der Waals surface area contributed by atoms with Gasteiger partial charge in [0.1, 0.15) is 0 Å². The molecular formula is C17H18ClF2N. The molecule has 0 unspecified atom stereocenters. The molecule has 4 heteroatoms. The average Bonchev–Trinajstić information content (AvgIpc) is 2.47. The molecule has 2 aromatic rings. The quantitative estimate of drug-likeness (QED) is 0.758. The summed E-state index contributed by atoms with van der Waals surface area (Å²) in [5, 5.41) is 3.87. The van der Waals surface area contributed by atoms with Crippen LogP contribution in [0.3, 0.4) is 0 Å². The van der Waals surface area contributed by atoms with Crippen molar-refractivity contribution >= 4 is 11.6 Å². The Kier molecular flexibility index (Phi) is 5.32. The predicted molar refractivity (Wildman–Crippen MR) is 83.5 cm³/mol. The van der Waals surface area contributed by atoms with Crippen LogP contribution in [0.1, 0.15) is 24.5 Å². The molecule has 0 heterocycles. The molecule has 112 valence electrons. The molecule has 1 N–H and O–H groups in total. The Labute approximate surface area is 128 Å². The van der Waals surface area contributed by atoms with E-state index < -0.39 is 11.6 Å². The van der Waals surface area contributed by atoms with Gasteiger partial charge < -0.3 is 5.32 Å². The van der Waals surface area contributed by atoms with Gasteiger partial charge in [0.05, 0.1) is 0 Å². The highest BCUT2D eigenvalue weighted by atomic mass is 35.5. The third-order valence-corrected chi connectivity index (χ3v) is 3.74. The number of rotatable bonds is 5. The van der Waals surface area contributed by atoms with Gasteiger partial charge in [0, 0.05) is 17.1 Å². The minimum Gasteiger partial charge on any atom is -0.313 e. The minimum absolute atomic E-state index is 0.256. The molecule has 0 aliphatic carbocycles. The molecule has 0 aliphatic rings. The number of nitrogens with one attached hydrogen (secondary N) is 1. The first-order valence-corrected chi connectivity index (χ1v) is 7.36. The number of hydrogen-bond acceptors (Lipinski definition) is 1. The summed E-state index contributed by atoms with van der Waals surface area (Å²) >= 11 is 6.15.